The molecule has 8 nitrogen and oxygen atoms in total. The molecule has 2 heterocycles. The standard InChI is InChI=1S/C15H25N5O3/c1-15(2,3)23-14(22)19-7-4-12(5-8-19)18-13(21)6-9-20-11-16-10-17-20/h10-12H,4-9H2,1-3H3,(H,18,21). The molecule has 0 spiro atoms. The van der Waals surface area contributed by atoms with Crippen molar-refractivity contribution >= 4 is 12.0 Å². The molecule has 1 fully saturated rings. The molecule has 1 aliphatic heterocycles. The summed E-state index contributed by atoms with van der Waals surface area (Å²) in [5, 5.41) is 6.97. The van der Waals surface area contributed by atoms with E-state index in [0.717, 1.165) is 12.8 Å². The minimum absolute atomic E-state index is 0.00350. The number of nitrogens with one attached hydrogen (secondary N) is 1. The lowest BCUT2D eigenvalue weighted by Crippen LogP contribution is -2.47. The number of piperidine rings is 1. The molecule has 1 aromatic rings. The topological polar surface area (TPSA) is 89.4 Å². The van der Waals surface area contributed by atoms with Crippen LogP contribution < -0.4 is 5.32 Å². The number of carbonyl (C=O) groups excluding carboxylic acids is 2. The molecule has 1 N–H and O–H groups in total. The normalized spacial score (nSPS) is 16.2. The molecule has 2 amide bonds. The molecule has 2 rings (SSSR count). The summed E-state index contributed by atoms with van der Waals surface area (Å²) in [6.45, 7) is 7.28. The van der Waals surface area contributed by atoms with E-state index in [1.165, 1.54) is 6.33 Å². The highest BCUT2D eigenvalue weighted by atomic mass is 16.6. The van der Waals surface area contributed by atoms with Crippen LogP contribution in [0.5, 0.6) is 0 Å². The number of nitrogens with zero attached hydrogens (tertiary/aromatic N) is 4. The number of aryl methyl sites for hydroxylation is 1. The lowest BCUT2D eigenvalue weighted by Gasteiger charge is -2.33. The van der Waals surface area contributed by atoms with Gasteiger partial charge in [-0.1, -0.05) is 0 Å². The molecule has 1 aromatic heterocycles. The minimum Gasteiger partial charge on any atom is -0.444 e. The van der Waals surface area contributed by atoms with Crippen molar-refractivity contribution in [3.05, 3.63) is 12.7 Å². The molecule has 8 heteroatoms. The highest BCUT2D eigenvalue weighted by molar-refractivity contribution is 5.76. The maximum Gasteiger partial charge on any atom is 0.410 e. The Morgan fingerprint density at radius 1 is 1.30 bits per heavy atom. The summed E-state index contributed by atoms with van der Waals surface area (Å²) in [5.74, 6) is -0.00350. The van der Waals surface area contributed by atoms with Crippen LogP contribution in [-0.4, -0.2) is 56.4 Å². The first kappa shape index (κ1) is 17.2. The van der Waals surface area contributed by atoms with Gasteiger partial charge in [-0.3, -0.25) is 9.48 Å². The first-order valence-corrected chi connectivity index (χ1v) is 7.93. The Morgan fingerprint density at radius 2 is 2.00 bits per heavy atom. The first-order valence-electron chi connectivity index (χ1n) is 7.93. The third-order valence-electron chi connectivity index (χ3n) is 3.55. The Kier molecular flexibility index (Phi) is 5.57. The van der Waals surface area contributed by atoms with Crippen LogP contribution in [0.1, 0.15) is 40.0 Å². The van der Waals surface area contributed by atoms with Crippen LogP contribution in [0.4, 0.5) is 4.79 Å². The van der Waals surface area contributed by atoms with E-state index in [1.54, 1.807) is 15.9 Å². The number of hydrogen-bond acceptors (Lipinski definition) is 5. The van der Waals surface area contributed by atoms with Crippen LogP contribution in [0, 0.1) is 0 Å². The van der Waals surface area contributed by atoms with E-state index in [0.29, 0.717) is 26.1 Å². The SMILES string of the molecule is CC(C)(C)OC(=O)N1CCC(NC(=O)CCn2cncn2)CC1. The van der Waals surface area contributed by atoms with Gasteiger partial charge in [0.25, 0.3) is 0 Å². The molecule has 1 saturated heterocycles. The Morgan fingerprint density at radius 3 is 2.57 bits per heavy atom. The fourth-order valence-electron chi connectivity index (χ4n) is 2.40. The summed E-state index contributed by atoms with van der Waals surface area (Å²) < 4.78 is 6.99. The summed E-state index contributed by atoms with van der Waals surface area (Å²) in [6.07, 6.45) is 4.61. The third kappa shape index (κ3) is 5.88. The van der Waals surface area contributed by atoms with Gasteiger partial charge in [0.05, 0.1) is 6.54 Å². The molecular formula is C15H25N5O3. The van der Waals surface area contributed by atoms with E-state index in [9.17, 15) is 9.59 Å². The van der Waals surface area contributed by atoms with E-state index in [1.807, 2.05) is 20.8 Å². The van der Waals surface area contributed by atoms with Crippen LogP contribution in [-0.2, 0) is 16.1 Å². The zero-order valence-electron chi connectivity index (χ0n) is 14.0. The summed E-state index contributed by atoms with van der Waals surface area (Å²) in [4.78, 5) is 29.4. The number of likely N-dealkylation sites (tertiary alicyclic amines) is 1. The second-order valence-electron chi connectivity index (χ2n) is 6.72. The smallest absolute Gasteiger partial charge is 0.410 e. The van der Waals surface area contributed by atoms with E-state index in [4.69, 9.17) is 4.74 Å². The third-order valence-corrected chi connectivity index (χ3v) is 3.55. The van der Waals surface area contributed by atoms with Crippen LogP contribution in [0.2, 0.25) is 0 Å². The molecule has 23 heavy (non-hydrogen) atoms. The molecule has 0 saturated carbocycles. The first-order chi connectivity index (χ1) is 10.8. The number of carbonyl (C=O) groups is 2. The highest BCUT2D eigenvalue weighted by Crippen LogP contribution is 2.15. The predicted octanol–water partition coefficient (Wildman–Crippen LogP) is 1.18. The van der Waals surface area contributed by atoms with Gasteiger partial charge in [-0.25, -0.2) is 9.78 Å². The molecule has 0 bridgehead atoms. The molecule has 0 unspecified atom stereocenters. The lowest BCUT2D eigenvalue weighted by molar-refractivity contribution is -0.122. The van der Waals surface area contributed by atoms with Crippen molar-refractivity contribution in [1.82, 2.24) is 25.0 Å². The molecule has 1 aliphatic rings. The number of hydrogen-bond donors (Lipinski definition) is 1. The van der Waals surface area contributed by atoms with Crippen molar-refractivity contribution in [2.24, 2.45) is 0 Å². The molecule has 0 aromatic carbocycles. The molecular weight excluding hydrogens is 298 g/mol. The summed E-state index contributed by atoms with van der Waals surface area (Å²) in [6, 6.07) is 0.108. The van der Waals surface area contributed by atoms with Gasteiger partial charge in [0.15, 0.2) is 0 Å². The van der Waals surface area contributed by atoms with Crippen molar-refractivity contribution in [3.8, 4) is 0 Å². The maximum atomic E-state index is 12.0. The van der Waals surface area contributed by atoms with E-state index in [-0.39, 0.29) is 18.0 Å². The largest absolute Gasteiger partial charge is 0.444 e. The second-order valence-corrected chi connectivity index (χ2v) is 6.72. The van der Waals surface area contributed by atoms with E-state index >= 15 is 0 Å². The average molecular weight is 323 g/mol. The maximum absolute atomic E-state index is 12.0. The van der Waals surface area contributed by atoms with Gasteiger partial charge in [-0.15, -0.1) is 0 Å². The average Bonchev–Trinajstić information content (AvgIpc) is 2.97. The number of rotatable bonds is 4. The minimum atomic E-state index is -0.483. The summed E-state index contributed by atoms with van der Waals surface area (Å²) >= 11 is 0. The quantitative estimate of drug-likeness (QED) is 0.899. The number of ether oxygens (including phenoxy) is 1. The van der Waals surface area contributed by atoms with Crippen LogP contribution in [0.15, 0.2) is 12.7 Å². The van der Waals surface area contributed by atoms with Crippen molar-refractivity contribution in [1.29, 1.82) is 0 Å². The zero-order valence-corrected chi connectivity index (χ0v) is 14.0. The Hall–Kier alpha value is -2.12. The lowest BCUT2D eigenvalue weighted by atomic mass is 10.1. The van der Waals surface area contributed by atoms with E-state index in [2.05, 4.69) is 15.4 Å². The van der Waals surface area contributed by atoms with Crippen LogP contribution >= 0.6 is 0 Å². The molecule has 128 valence electrons. The van der Waals surface area contributed by atoms with Gasteiger partial charge >= 0.3 is 6.09 Å². The molecule has 0 atom stereocenters. The Labute approximate surface area is 136 Å². The van der Waals surface area contributed by atoms with Gasteiger partial charge in [0.1, 0.15) is 18.3 Å². The van der Waals surface area contributed by atoms with Crippen molar-refractivity contribution in [3.63, 3.8) is 0 Å². The predicted molar refractivity (Wildman–Crippen MR) is 83.6 cm³/mol. The van der Waals surface area contributed by atoms with Gasteiger partial charge in [0, 0.05) is 25.6 Å². The second kappa shape index (κ2) is 7.43. The van der Waals surface area contributed by atoms with Crippen LogP contribution in [0.25, 0.3) is 0 Å². The number of aromatic nitrogens is 3. The van der Waals surface area contributed by atoms with Gasteiger partial charge in [0.2, 0.25) is 5.91 Å². The van der Waals surface area contributed by atoms with Gasteiger partial charge < -0.3 is 15.0 Å². The van der Waals surface area contributed by atoms with Gasteiger partial charge in [-0.05, 0) is 33.6 Å². The molecule has 0 aliphatic carbocycles. The zero-order chi connectivity index (χ0) is 16.9. The van der Waals surface area contributed by atoms with Crippen LogP contribution in [0.3, 0.4) is 0 Å². The monoisotopic (exact) mass is 323 g/mol. The van der Waals surface area contributed by atoms with Crippen molar-refractivity contribution < 1.29 is 14.3 Å². The van der Waals surface area contributed by atoms with Gasteiger partial charge in [-0.2, -0.15) is 5.10 Å². The number of amides is 2. The van der Waals surface area contributed by atoms with Crippen molar-refractivity contribution in [2.45, 2.75) is 58.2 Å². The van der Waals surface area contributed by atoms with Crippen molar-refractivity contribution in [2.75, 3.05) is 13.1 Å². The Bertz CT molecular complexity index is 516. The summed E-state index contributed by atoms with van der Waals surface area (Å²) in [5.41, 5.74) is -0.483. The fourth-order valence-corrected chi connectivity index (χ4v) is 2.40. The fraction of sp³-hybridized carbons (Fsp3) is 0.733. The summed E-state index contributed by atoms with van der Waals surface area (Å²) in [7, 11) is 0. The molecule has 0 radical (unpaired) electrons. The highest BCUT2D eigenvalue weighted by Gasteiger charge is 2.27. The van der Waals surface area contributed by atoms with E-state index < -0.39 is 5.60 Å². The Balaban J connectivity index is 1.68.